The molecule has 0 N–H and O–H groups in total. The van der Waals surface area contributed by atoms with Gasteiger partial charge in [-0.3, -0.25) is 0 Å². The third kappa shape index (κ3) is 10.8. The van der Waals surface area contributed by atoms with E-state index in [2.05, 4.69) is 80.5 Å². The largest absolute Gasteiger partial charge is 0.566 e. The summed E-state index contributed by atoms with van der Waals surface area (Å²) in [6.07, 6.45) is 7.42. The average Bonchev–Trinajstić information content (AvgIpc) is 2.71. The van der Waals surface area contributed by atoms with Crippen molar-refractivity contribution in [3.05, 3.63) is 29.3 Å². The molecule has 0 radical (unpaired) electrons. The summed E-state index contributed by atoms with van der Waals surface area (Å²) in [5, 5.41) is 0.348. The lowest BCUT2D eigenvalue weighted by Gasteiger charge is -2.34. The van der Waals surface area contributed by atoms with Gasteiger partial charge in [0.2, 0.25) is 0 Å². The van der Waals surface area contributed by atoms with Gasteiger partial charge in [0.25, 0.3) is 0 Å². The third-order valence-corrected chi connectivity index (χ3v) is 9.20. The van der Waals surface area contributed by atoms with E-state index in [0.717, 1.165) is 56.7 Å². The van der Waals surface area contributed by atoms with Crippen LogP contribution in [0.1, 0.15) is 118 Å². The number of rotatable bonds is 15. The molecule has 1 aromatic rings. The Morgan fingerprint density at radius 2 is 1.39 bits per heavy atom. The Balaban J connectivity index is 3.39. The van der Waals surface area contributed by atoms with E-state index in [1.54, 1.807) is 0 Å². The maximum atomic E-state index is 6.91. The van der Waals surface area contributed by atoms with Gasteiger partial charge in [-0.05, 0) is 53.7 Å². The molecule has 1 rings (SSSR count). The van der Waals surface area contributed by atoms with E-state index in [9.17, 15) is 0 Å². The average molecular weight is 497 g/mol. The van der Waals surface area contributed by atoms with E-state index in [0.29, 0.717) is 18.5 Å². The molecule has 5 heteroatoms. The van der Waals surface area contributed by atoms with Crippen LogP contribution in [0, 0.1) is 0 Å². The highest BCUT2D eigenvalue weighted by Gasteiger charge is 2.44. The molecule has 33 heavy (non-hydrogen) atoms. The predicted molar refractivity (Wildman–Crippen MR) is 149 cm³/mol. The SMILES string of the molecule is CCCCO[Si](CCC(S)CCC)(OCCCC)Oc1ccc(C(C)(C)C)cc1C(C)(C)C. The predicted octanol–water partition coefficient (Wildman–Crippen LogP) is 8.72. The third-order valence-electron chi connectivity index (χ3n) is 5.96. The Kier molecular flexibility index (Phi) is 13.1. The second-order valence-corrected chi connectivity index (χ2v) is 14.8. The number of thiol groups is 1. The Morgan fingerprint density at radius 1 is 0.818 bits per heavy atom. The summed E-state index contributed by atoms with van der Waals surface area (Å²) in [6, 6.07) is 7.49. The molecule has 1 aromatic carbocycles. The van der Waals surface area contributed by atoms with Crippen LogP contribution in [0.4, 0.5) is 0 Å². The highest BCUT2D eigenvalue weighted by Crippen LogP contribution is 2.38. The molecule has 0 aliphatic heterocycles. The zero-order valence-electron chi connectivity index (χ0n) is 23.1. The van der Waals surface area contributed by atoms with Crippen LogP contribution in [-0.2, 0) is 19.7 Å². The van der Waals surface area contributed by atoms with Crippen LogP contribution >= 0.6 is 12.6 Å². The van der Waals surface area contributed by atoms with E-state index in [1.807, 2.05) is 0 Å². The monoisotopic (exact) mass is 496 g/mol. The Morgan fingerprint density at radius 3 is 1.85 bits per heavy atom. The number of unbranched alkanes of at least 4 members (excludes halogenated alkanes) is 2. The van der Waals surface area contributed by atoms with E-state index in [4.69, 9.17) is 25.9 Å². The Labute approximate surface area is 212 Å². The molecule has 0 spiro atoms. The lowest BCUT2D eigenvalue weighted by atomic mass is 9.80. The fraction of sp³-hybridized carbons (Fsp3) is 0.786. The number of hydrogen-bond donors (Lipinski definition) is 1. The van der Waals surface area contributed by atoms with Crippen molar-refractivity contribution >= 4 is 21.4 Å². The van der Waals surface area contributed by atoms with Crippen molar-refractivity contribution in [3.63, 3.8) is 0 Å². The first-order valence-corrected chi connectivity index (χ1v) is 15.6. The van der Waals surface area contributed by atoms with Crippen LogP contribution in [0.2, 0.25) is 6.04 Å². The van der Waals surface area contributed by atoms with E-state index in [1.165, 1.54) is 11.1 Å². The highest BCUT2D eigenvalue weighted by molar-refractivity contribution is 7.80. The molecular formula is C28H52O3SSi. The molecule has 0 aliphatic rings. The molecule has 0 amide bonds. The van der Waals surface area contributed by atoms with Gasteiger partial charge in [-0.2, -0.15) is 12.6 Å². The fourth-order valence-electron chi connectivity index (χ4n) is 3.70. The zero-order chi connectivity index (χ0) is 25.1. The molecule has 1 unspecified atom stereocenters. The van der Waals surface area contributed by atoms with Crippen molar-refractivity contribution in [2.75, 3.05) is 13.2 Å². The molecule has 0 heterocycles. The van der Waals surface area contributed by atoms with Crippen LogP contribution in [0.15, 0.2) is 18.2 Å². The molecule has 3 nitrogen and oxygen atoms in total. The van der Waals surface area contributed by atoms with Gasteiger partial charge in [-0.15, -0.1) is 0 Å². The smallest absolute Gasteiger partial charge is 0.500 e. The summed E-state index contributed by atoms with van der Waals surface area (Å²) >= 11 is 4.83. The molecule has 0 fully saturated rings. The maximum Gasteiger partial charge on any atom is 0.566 e. The summed E-state index contributed by atoms with van der Waals surface area (Å²) in [6.45, 7) is 21.5. The van der Waals surface area contributed by atoms with Crippen molar-refractivity contribution in [1.82, 2.24) is 0 Å². The molecule has 0 bridgehead atoms. The minimum absolute atomic E-state index is 0.0438. The van der Waals surface area contributed by atoms with Crippen LogP contribution < -0.4 is 4.43 Å². The summed E-state index contributed by atoms with van der Waals surface area (Å²) in [7, 11) is -2.92. The number of benzene rings is 1. The minimum Gasteiger partial charge on any atom is -0.500 e. The van der Waals surface area contributed by atoms with E-state index < -0.39 is 8.80 Å². The highest BCUT2D eigenvalue weighted by atomic mass is 32.1. The van der Waals surface area contributed by atoms with Gasteiger partial charge in [0.1, 0.15) is 5.75 Å². The van der Waals surface area contributed by atoms with Gasteiger partial charge in [-0.25, -0.2) is 0 Å². The molecule has 0 saturated carbocycles. The second kappa shape index (κ2) is 14.2. The summed E-state index contributed by atoms with van der Waals surface area (Å²) in [5.41, 5.74) is 2.59. The first kappa shape index (κ1) is 30.5. The van der Waals surface area contributed by atoms with Crippen LogP contribution in [0.25, 0.3) is 0 Å². The first-order valence-electron chi connectivity index (χ1n) is 13.2. The van der Waals surface area contributed by atoms with Gasteiger partial charge in [0, 0.05) is 24.5 Å². The number of hydrogen-bond acceptors (Lipinski definition) is 4. The van der Waals surface area contributed by atoms with Crippen molar-refractivity contribution in [3.8, 4) is 5.75 Å². The lowest BCUT2D eigenvalue weighted by molar-refractivity contribution is 0.101. The van der Waals surface area contributed by atoms with Crippen LogP contribution in [0.5, 0.6) is 5.75 Å². The second-order valence-electron chi connectivity index (χ2n) is 11.4. The molecule has 0 aliphatic carbocycles. The topological polar surface area (TPSA) is 27.7 Å². The molecule has 0 aromatic heterocycles. The van der Waals surface area contributed by atoms with Gasteiger partial charge in [0.05, 0.1) is 0 Å². The molecular weight excluding hydrogens is 444 g/mol. The van der Waals surface area contributed by atoms with Crippen LogP contribution in [-0.4, -0.2) is 27.3 Å². The summed E-state index contributed by atoms with van der Waals surface area (Å²) in [5.74, 6) is 0.918. The van der Waals surface area contributed by atoms with Crippen molar-refractivity contribution in [2.24, 2.45) is 0 Å². The standard InChI is InChI=1S/C28H52O3SSi/c1-10-13-19-29-33(30-20-14-11-2,21-18-24(32)15-12-3)31-26-17-16-23(27(4,5)6)22-25(26)28(7,8)9/h16-17,22,24,32H,10-15,18-21H2,1-9H3. The summed E-state index contributed by atoms with van der Waals surface area (Å²) < 4.78 is 20.1. The van der Waals surface area contributed by atoms with Gasteiger partial charge in [0.15, 0.2) is 0 Å². The summed E-state index contributed by atoms with van der Waals surface area (Å²) in [4.78, 5) is 0. The quantitative estimate of drug-likeness (QED) is 0.149. The fourth-order valence-corrected chi connectivity index (χ4v) is 7.05. The molecule has 0 saturated heterocycles. The van der Waals surface area contributed by atoms with Crippen molar-refractivity contribution in [1.29, 1.82) is 0 Å². The van der Waals surface area contributed by atoms with Crippen molar-refractivity contribution in [2.45, 2.75) is 129 Å². The van der Waals surface area contributed by atoms with Crippen LogP contribution in [0.3, 0.4) is 0 Å². The van der Waals surface area contributed by atoms with Gasteiger partial charge < -0.3 is 13.3 Å². The van der Waals surface area contributed by atoms with Gasteiger partial charge in [-0.1, -0.05) is 93.7 Å². The minimum atomic E-state index is -2.92. The Bertz CT molecular complexity index is 669. The van der Waals surface area contributed by atoms with Gasteiger partial charge >= 0.3 is 8.80 Å². The van der Waals surface area contributed by atoms with E-state index in [-0.39, 0.29) is 10.8 Å². The molecule has 192 valence electrons. The van der Waals surface area contributed by atoms with Crippen molar-refractivity contribution < 1.29 is 13.3 Å². The lowest BCUT2D eigenvalue weighted by Crippen LogP contribution is -2.50. The normalized spacial score (nSPS) is 13.9. The first-order chi connectivity index (χ1) is 15.4. The Hall–Kier alpha value is -0.493. The zero-order valence-corrected chi connectivity index (χ0v) is 24.9. The maximum absolute atomic E-state index is 6.91. The van der Waals surface area contributed by atoms with E-state index >= 15 is 0 Å². The molecule has 1 atom stereocenters.